The van der Waals surface area contributed by atoms with Crippen molar-refractivity contribution < 1.29 is 18.3 Å². The van der Waals surface area contributed by atoms with Crippen molar-refractivity contribution >= 4 is 5.78 Å². The zero-order valence-electron chi connectivity index (χ0n) is 8.59. The third-order valence-electron chi connectivity index (χ3n) is 1.97. The summed E-state index contributed by atoms with van der Waals surface area (Å²) >= 11 is 0. The molecule has 0 aliphatic heterocycles. The summed E-state index contributed by atoms with van der Waals surface area (Å²) in [6.45, 7) is 1.14. The van der Waals surface area contributed by atoms with Gasteiger partial charge in [-0.25, -0.2) is 8.78 Å². The lowest BCUT2D eigenvalue weighted by molar-refractivity contribution is -0.124. The van der Waals surface area contributed by atoms with Crippen molar-refractivity contribution in [2.75, 3.05) is 7.11 Å². The molecule has 0 fully saturated rings. The number of rotatable bonds is 4. The molecule has 0 saturated carbocycles. The highest BCUT2D eigenvalue weighted by Crippen LogP contribution is 2.37. The molecular formula is C11H12F2O2. The summed E-state index contributed by atoms with van der Waals surface area (Å²) in [6.07, 6.45) is -0.798. The van der Waals surface area contributed by atoms with E-state index in [1.807, 2.05) is 0 Å². The summed E-state index contributed by atoms with van der Waals surface area (Å²) in [5, 5.41) is 0. The van der Waals surface area contributed by atoms with Gasteiger partial charge in [0, 0.05) is 0 Å². The number of ketones is 1. The Bertz CT molecular complexity index is 361. The van der Waals surface area contributed by atoms with E-state index in [0.717, 1.165) is 6.92 Å². The van der Waals surface area contributed by atoms with E-state index in [9.17, 15) is 13.6 Å². The molecule has 0 saturated heterocycles. The third-order valence-corrected chi connectivity index (χ3v) is 1.97. The molecule has 0 heterocycles. The normalized spacial score (nSPS) is 11.2. The largest absolute Gasteiger partial charge is 0.496 e. The summed E-state index contributed by atoms with van der Waals surface area (Å²) in [4.78, 5) is 10.7. The molecule has 0 aliphatic rings. The van der Waals surface area contributed by atoms with E-state index in [-0.39, 0.29) is 11.3 Å². The molecule has 0 aromatic heterocycles. The number of methoxy groups -OCH3 is 1. The molecule has 0 radical (unpaired) electrons. The Morgan fingerprint density at radius 2 is 2.00 bits per heavy atom. The van der Waals surface area contributed by atoms with Gasteiger partial charge in [0.15, 0.2) is 0 Å². The molecule has 0 amide bonds. The van der Waals surface area contributed by atoms with Crippen molar-refractivity contribution in [1.82, 2.24) is 0 Å². The Kier molecular flexibility index (Phi) is 3.39. The molecule has 15 heavy (non-hydrogen) atoms. The van der Waals surface area contributed by atoms with Gasteiger partial charge >= 0.3 is 0 Å². The molecule has 1 aromatic rings. The molecule has 1 aromatic carbocycles. The van der Waals surface area contributed by atoms with Crippen LogP contribution in [0, 0.1) is 0 Å². The SMILES string of the molecule is COc1ccccc1C(F)(F)CC(C)=O. The van der Waals surface area contributed by atoms with Crippen LogP contribution >= 0.6 is 0 Å². The Hall–Kier alpha value is -1.45. The highest BCUT2D eigenvalue weighted by atomic mass is 19.3. The molecular weight excluding hydrogens is 202 g/mol. The van der Waals surface area contributed by atoms with Crippen LogP contribution in [-0.2, 0) is 10.7 Å². The van der Waals surface area contributed by atoms with Crippen LogP contribution < -0.4 is 4.74 Å². The monoisotopic (exact) mass is 214 g/mol. The van der Waals surface area contributed by atoms with Gasteiger partial charge < -0.3 is 4.74 Å². The number of hydrogen-bond donors (Lipinski definition) is 0. The maximum atomic E-state index is 13.6. The lowest BCUT2D eigenvalue weighted by Crippen LogP contribution is -2.18. The molecule has 0 atom stereocenters. The van der Waals surface area contributed by atoms with Crippen molar-refractivity contribution in [2.24, 2.45) is 0 Å². The van der Waals surface area contributed by atoms with E-state index >= 15 is 0 Å². The Balaban J connectivity index is 3.07. The molecule has 4 heteroatoms. The summed E-state index contributed by atoms with van der Waals surface area (Å²) in [6, 6.07) is 5.81. The minimum absolute atomic E-state index is 0.101. The summed E-state index contributed by atoms with van der Waals surface area (Å²) in [5.74, 6) is -3.62. The second-order valence-electron chi connectivity index (χ2n) is 3.28. The van der Waals surface area contributed by atoms with E-state index in [2.05, 4.69) is 0 Å². The van der Waals surface area contributed by atoms with Gasteiger partial charge in [0.25, 0.3) is 5.92 Å². The average molecular weight is 214 g/mol. The smallest absolute Gasteiger partial charge is 0.283 e. The molecule has 0 N–H and O–H groups in total. The lowest BCUT2D eigenvalue weighted by atomic mass is 10.0. The van der Waals surface area contributed by atoms with Crippen molar-refractivity contribution in [3.8, 4) is 5.75 Å². The van der Waals surface area contributed by atoms with E-state index in [0.29, 0.717) is 0 Å². The van der Waals surface area contributed by atoms with Crippen LogP contribution in [0.1, 0.15) is 18.9 Å². The Morgan fingerprint density at radius 3 is 2.53 bits per heavy atom. The van der Waals surface area contributed by atoms with Gasteiger partial charge in [-0.05, 0) is 19.1 Å². The molecule has 1 rings (SSSR count). The molecule has 0 spiro atoms. The van der Waals surface area contributed by atoms with Crippen LogP contribution in [0.3, 0.4) is 0 Å². The fourth-order valence-corrected chi connectivity index (χ4v) is 1.35. The molecule has 0 bridgehead atoms. The van der Waals surface area contributed by atoms with Crippen LogP contribution in [0.15, 0.2) is 24.3 Å². The van der Waals surface area contributed by atoms with Crippen LogP contribution in [-0.4, -0.2) is 12.9 Å². The first kappa shape index (κ1) is 11.6. The maximum absolute atomic E-state index is 13.6. The van der Waals surface area contributed by atoms with Gasteiger partial charge in [-0.1, -0.05) is 12.1 Å². The van der Waals surface area contributed by atoms with Crippen LogP contribution in [0.4, 0.5) is 8.78 Å². The zero-order valence-corrected chi connectivity index (χ0v) is 8.59. The number of ether oxygens (including phenoxy) is 1. The standard InChI is InChI=1S/C11H12F2O2/c1-8(14)7-11(12,13)9-5-3-4-6-10(9)15-2/h3-6H,7H2,1-2H3. The number of Topliss-reactive ketones (excluding diaryl/α,β-unsaturated/α-hetero) is 1. The predicted octanol–water partition coefficient (Wildman–Crippen LogP) is 2.77. The molecule has 0 aliphatic carbocycles. The van der Waals surface area contributed by atoms with Gasteiger partial charge in [-0.3, -0.25) is 4.79 Å². The molecule has 0 unspecified atom stereocenters. The van der Waals surface area contributed by atoms with Crippen LogP contribution in [0.2, 0.25) is 0 Å². The highest BCUT2D eigenvalue weighted by Gasteiger charge is 2.35. The van der Waals surface area contributed by atoms with E-state index in [4.69, 9.17) is 4.74 Å². The number of halogens is 2. The fourth-order valence-electron chi connectivity index (χ4n) is 1.35. The number of benzene rings is 1. The molecule has 2 nitrogen and oxygen atoms in total. The Morgan fingerprint density at radius 1 is 1.40 bits per heavy atom. The fraction of sp³-hybridized carbons (Fsp3) is 0.364. The third kappa shape index (κ3) is 2.75. The average Bonchev–Trinajstić information content (AvgIpc) is 2.16. The number of hydrogen-bond acceptors (Lipinski definition) is 2. The minimum Gasteiger partial charge on any atom is -0.496 e. The van der Waals surface area contributed by atoms with Crippen molar-refractivity contribution in [1.29, 1.82) is 0 Å². The van der Waals surface area contributed by atoms with E-state index in [1.165, 1.54) is 25.3 Å². The first-order valence-corrected chi connectivity index (χ1v) is 4.48. The van der Waals surface area contributed by atoms with Gasteiger partial charge in [0.05, 0.1) is 19.1 Å². The first-order valence-electron chi connectivity index (χ1n) is 4.48. The van der Waals surface area contributed by atoms with Gasteiger partial charge in [0.2, 0.25) is 0 Å². The van der Waals surface area contributed by atoms with E-state index in [1.54, 1.807) is 6.07 Å². The van der Waals surface area contributed by atoms with Crippen molar-refractivity contribution in [3.63, 3.8) is 0 Å². The number of carbonyl (C=O) groups is 1. The quantitative estimate of drug-likeness (QED) is 0.770. The number of para-hydroxylation sites is 1. The van der Waals surface area contributed by atoms with E-state index < -0.39 is 18.1 Å². The van der Waals surface area contributed by atoms with Gasteiger partial charge in [-0.15, -0.1) is 0 Å². The molecule has 82 valence electrons. The van der Waals surface area contributed by atoms with Crippen molar-refractivity contribution in [3.05, 3.63) is 29.8 Å². The Labute approximate surface area is 86.9 Å². The second kappa shape index (κ2) is 4.38. The predicted molar refractivity (Wildman–Crippen MR) is 52.2 cm³/mol. The minimum atomic E-state index is -3.17. The lowest BCUT2D eigenvalue weighted by Gasteiger charge is -2.17. The topological polar surface area (TPSA) is 26.3 Å². The number of carbonyl (C=O) groups excluding carboxylic acids is 1. The first-order chi connectivity index (χ1) is 6.97. The maximum Gasteiger partial charge on any atom is 0.283 e. The highest BCUT2D eigenvalue weighted by molar-refractivity contribution is 5.76. The number of alkyl halides is 2. The summed E-state index contributed by atoms with van der Waals surface area (Å²) < 4.78 is 31.9. The summed E-state index contributed by atoms with van der Waals surface area (Å²) in [7, 11) is 1.32. The van der Waals surface area contributed by atoms with Crippen molar-refractivity contribution in [2.45, 2.75) is 19.3 Å². The van der Waals surface area contributed by atoms with Gasteiger partial charge in [0.1, 0.15) is 11.5 Å². The zero-order chi connectivity index (χ0) is 11.5. The van der Waals surface area contributed by atoms with Gasteiger partial charge in [-0.2, -0.15) is 0 Å². The van der Waals surface area contributed by atoms with Crippen LogP contribution in [0.5, 0.6) is 5.75 Å². The summed E-state index contributed by atoms with van der Waals surface area (Å²) in [5.41, 5.74) is -0.248. The second-order valence-corrected chi connectivity index (χ2v) is 3.28. The van der Waals surface area contributed by atoms with Crippen LogP contribution in [0.25, 0.3) is 0 Å².